The number of rotatable bonds is 5. The smallest absolute Gasteiger partial charge is 0.348 e. The van der Waals surface area contributed by atoms with E-state index in [1.807, 2.05) is 24.3 Å². The molecule has 3 amide bonds. The third-order valence-corrected chi connectivity index (χ3v) is 4.88. The maximum atomic E-state index is 12.6. The first-order chi connectivity index (χ1) is 14.4. The number of hydrogen-bond acceptors (Lipinski definition) is 3. The number of amidine groups is 1. The minimum Gasteiger partial charge on any atom is -0.390 e. The summed E-state index contributed by atoms with van der Waals surface area (Å²) in [6.45, 7) is 0.00865. The van der Waals surface area contributed by atoms with Gasteiger partial charge in [-0.15, -0.1) is 0 Å². The first kappa shape index (κ1) is 21.7. The molecule has 0 unspecified atom stereocenters. The molecule has 0 saturated heterocycles. The minimum atomic E-state index is -0.413. The van der Waals surface area contributed by atoms with Crippen molar-refractivity contribution in [3.63, 3.8) is 0 Å². The number of nitrogens with two attached hydrogens (primary N) is 2. The fourth-order valence-corrected chi connectivity index (χ4v) is 3.26. The summed E-state index contributed by atoms with van der Waals surface area (Å²) in [5.74, 6) is -0.00118. The van der Waals surface area contributed by atoms with Gasteiger partial charge in [0.2, 0.25) is 0 Å². The zero-order valence-corrected chi connectivity index (χ0v) is 16.0. The average molecular weight is 418 g/mol. The Morgan fingerprint density at radius 3 is 2.26 bits per heavy atom. The molecule has 0 bridgehead atoms. The number of nitrogens with zero attached hydrogens (tertiary/aromatic N) is 2. The van der Waals surface area contributed by atoms with Crippen molar-refractivity contribution in [2.45, 2.75) is 7.43 Å². The standard InChI is InChI=1S/C22H19N5O3.CH4/c23-20(24)15-3-1-14-10-16(4-2-13(14)9-15)21(29)25-17-5-7-19(8-6-17)27-11-18(12-28)26-22(27)30;/h1-10,28H,11-12H2,(H3,23,24)(H,25,29);1H4/p+1. The Kier molecular flexibility index (Phi) is 6.12. The Morgan fingerprint density at radius 1 is 1.06 bits per heavy atom. The maximum absolute atomic E-state index is 12.6. The van der Waals surface area contributed by atoms with Crippen LogP contribution in [0.4, 0.5) is 16.2 Å². The number of aliphatic hydroxyl groups excluding tert-OH is 1. The van der Waals surface area contributed by atoms with Gasteiger partial charge in [0.15, 0.2) is 0 Å². The number of anilines is 2. The molecule has 0 aromatic heterocycles. The van der Waals surface area contributed by atoms with Crippen LogP contribution in [0.15, 0.2) is 65.7 Å². The fraction of sp³-hybridized carbons (Fsp3) is 0.130. The van der Waals surface area contributed by atoms with Gasteiger partial charge in [-0.1, -0.05) is 19.6 Å². The van der Waals surface area contributed by atoms with Crippen LogP contribution in [0.3, 0.4) is 0 Å². The third-order valence-electron chi connectivity index (χ3n) is 4.88. The van der Waals surface area contributed by atoms with Gasteiger partial charge >= 0.3 is 6.03 Å². The van der Waals surface area contributed by atoms with Crippen molar-refractivity contribution in [1.29, 1.82) is 0 Å². The van der Waals surface area contributed by atoms with Gasteiger partial charge in [0, 0.05) is 16.9 Å². The zero-order chi connectivity index (χ0) is 21.3. The molecule has 1 aliphatic rings. The van der Waals surface area contributed by atoms with Crippen molar-refractivity contribution < 1.29 is 20.1 Å². The van der Waals surface area contributed by atoms with Crippen LogP contribution in [0.1, 0.15) is 23.3 Å². The van der Waals surface area contributed by atoms with E-state index in [2.05, 4.69) is 10.3 Å². The van der Waals surface area contributed by atoms with E-state index in [1.165, 1.54) is 4.90 Å². The molecule has 4 rings (SSSR count). The number of aliphatic imine (C=N–C) groups is 1. The van der Waals surface area contributed by atoms with Gasteiger partial charge in [0.05, 0.1) is 24.4 Å². The van der Waals surface area contributed by atoms with E-state index in [0.29, 0.717) is 22.6 Å². The molecule has 1 heterocycles. The molecule has 0 fully saturated rings. The molecule has 0 aliphatic carbocycles. The second kappa shape index (κ2) is 8.76. The number of amides is 3. The number of carbonyl (C=O) groups is 2. The van der Waals surface area contributed by atoms with Crippen molar-refractivity contribution in [1.82, 2.24) is 0 Å². The molecule has 0 saturated carbocycles. The van der Waals surface area contributed by atoms with Gasteiger partial charge in [0.25, 0.3) is 11.7 Å². The van der Waals surface area contributed by atoms with Crippen LogP contribution < -0.4 is 21.4 Å². The summed E-state index contributed by atoms with van der Waals surface area (Å²) >= 11 is 0. The predicted octanol–water partition coefficient (Wildman–Crippen LogP) is 1.57. The number of nitrogens with one attached hydrogen (secondary N) is 1. The number of fused-ring (bicyclic) bond motifs is 1. The van der Waals surface area contributed by atoms with Gasteiger partial charge in [-0.05, 0) is 59.3 Å². The Hall–Kier alpha value is -4.04. The quantitative estimate of drug-likeness (QED) is 0.370. The van der Waals surface area contributed by atoms with Crippen molar-refractivity contribution in [3.8, 4) is 0 Å². The molecule has 6 N–H and O–H groups in total. The molecule has 0 atom stereocenters. The lowest BCUT2D eigenvalue weighted by Gasteiger charge is -2.15. The van der Waals surface area contributed by atoms with Crippen LogP contribution in [0, 0.1) is 0 Å². The lowest BCUT2D eigenvalue weighted by atomic mass is 10.0. The number of aliphatic hydroxyl groups is 1. The molecule has 0 radical (unpaired) electrons. The largest absolute Gasteiger partial charge is 0.390 e. The van der Waals surface area contributed by atoms with Crippen molar-refractivity contribution >= 4 is 45.6 Å². The van der Waals surface area contributed by atoms with Crippen molar-refractivity contribution in [2.24, 2.45) is 10.7 Å². The molecule has 1 aliphatic heterocycles. The first-order valence-electron chi connectivity index (χ1n) is 9.27. The van der Waals surface area contributed by atoms with E-state index in [4.69, 9.17) is 16.2 Å². The van der Waals surface area contributed by atoms with E-state index < -0.39 is 6.03 Å². The van der Waals surface area contributed by atoms with Gasteiger partial charge in [-0.25, -0.2) is 4.79 Å². The Balaban J connectivity index is 0.00000272. The highest BCUT2D eigenvalue weighted by atomic mass is 16.3. The summed E-state index contributed by atoms with van der Waals surface area (Å²) < 4.78 is 0. The van der Waals surface area contributed by atoms with Crippen molar-refractivity contribution in [2.75, 3.05) is 23.4 Å². The molecular formula is C23H24N5O3+. The molecule has 31 heavy (non-hydrogen) atoms. The normalized spacial score (nSPS) is 13.0. The highest BCUT2D eigenvalue weighted by molar-refractivity contribution is 6.12. The van der Waals surface area contributed by atoms with Crippen LogP contribution in [0.5, 0.6) is 0 Å². The number of urea groups is 1. The van der Waals surface area contributed by atoms with Crippen LogP contribution in [0.2, 0.25) is 0 Å². The minimum absolute atomic E-state index is 0. The van der Waals surface area contributed by atoms with Crippen LogP contribution in [-0.2, 0) is 0 Å². The summed E-state index contributed by atoms with van der Waals surface area (Å²) in [6.07, 6.45) is 0. The Labute approximate surface area is 179 Å². The monoisotopic (exact) mass is 418 g/mol. The van der Waals surface area contributed by atoms with Gasteiger partial charge in [-0.2, -0.15) is 4.99 Å². The van der Waals surface area contributed by atoms with Crippen LogP contribution in [0.25, 0.3) is 10.8 Å². The van der Waals surface area contributed by atoms with Gasteiger partial charge in [0.1, 0.15) is 0 Å². The summed E-state index contributed by atoms with van der Waals surface area (Å²) in [5.41, 5.74) is 8.55. The summed E-state index contributed by atoms with van der Waals surface area (Å²) in [5, 5.41) is 19.4. The van der Waals surface area contributed by atoms with E-state index in [0.717, 1.165) is 16.3 Å². The summed E-state index contributed by atoms with van der Waals surface area (Å²) in [6, 6.07) is 17.4. The van der Waals surface area contributed by atoms with E-state index in [9.17, 15) is 9.59 Å². The van der Waals surface area contributed by atoms with E-state index in [1.54, 1.807) is 36.4 Å². The highest BCUT2D eigenvalue weighted by Crippen LogP contribution is 2.23. The van der Waals surface area contributed by atoms with Crippen molar-refractivity contribution in [3.05, 3.63) is 71.8 Å². The molecule has 0 spiro atoms. The Bertz CT molecular complexity index is 1200. The average Bonchev–Trinajstić information content (AvgIpc) is 3.14. The maximum Gasteiger partial charge on any atom is 0.348 e. The fourth-order valence-electron chi connectivity index (χ4n) is 3.26. The first-order valence-corrected chi connectivity index (χ1v) is 9.27. The number of benzene rings is 3. The van der Waals surface area contributed by atoms with E-state index >= 15 is 0 Å². The molecule has 8 heteroatoms. The number of carbonyl (C=O) groups excluding carboxylic acids is 2. The zero-order valence-electron chi connectivity index (χ0n) is 16.0. The van der Waals surface area contributed by atoms with E-state index in [-0.39, 0.29) is 32.3 Å². The third kappa shape index (κ3) is 4.44. The second-order valence-electron chi connectivity index (χ2n) is 6.94. The lowest BCUT2D eigenvalue weighted by molar-refractivity contribution is -0.114. The SMILES string of the molecule is C.NC(=[NH2+])c1ccc2cc(C(=O)Nc3ccc(N4CC(CO)=NC4=O)cc3)ccc2c1. The number of hydrogen-bond donors (Lipinski definition) is 4. The topological polar surface area (TPSA) is 134 Å². The highest BCUT2D eigenvalue weighted by Gasteiger charge is 2.24. The molecule has 3 aromatic carbocycles. The molecule has 8 nitrogen and oxygen atoms in total. The molecular weight excluding hydrogens is 394 g/mol. The summed E-state index contributed by atoms with van der Waals surface area (Å²) in [7, 11) is 0. The van der Waals surface area contributed by atoms with Gasteiger partial charge < -0.3 is 10.4 Å². The molecule has 158 valence electrons. The Morgan fingerprint density at radius 2 is 1.68 bits per heavy atom. The summed E-state index contributed by atoms with van der Waals surface area (Å²) in [4.78, 5) is 29.8. The predicted molar refractivity (Wildman–Crippen MR) is 123 cm³/mol. The van der Waals surface area contributed by atoms with Gasteiger partial charge in [-0.3, -0.25) is 20.8 Å². The second-order valence-corrected chi connectivity index (χ2v) is 6.94. The molecule has 3 aromatic rings. The van der Waals surface area contributed by atoms with Crippen LogP contribution >= 0.6 is 0 Å². The lowest BCUT2D eigenvalue weighted by Crippen LogP contribution is -2.46. The van der Waals surface area contributed by atoms with Crippen LogP contribution in [-0.4, -0.2) is 41.7 Å².